The van der Waals surface area contributed by atoms with E-state index in [1.807, 2.05) is 24.6 Å². The van der Waals surface area contributed by atoms with Crippen molar-refractivity contribution in [3.8, 4) is 11.3 Å². The minimum atomic E-state index is 0.665. The van der Waals surface area contributed by atoms with Gasteiger partial charge in [0.25, 0.3) is 0 Å². The van der Waals surface area contributed by atoms with Gasteiger partial charge in [0.2, 0.25) is 0 Å². The van der Waals surface area contributed by atoms with E-state index in [1.165, 1.54) is 0 Å². The molecule has 0 spiro atoms. The third-order valence-corrected chi connectivity index (χ3v) is 4.05. The summed E-state index contributed by atoms with van der Waals surface area (Å²) in [5, 5.41) is 5.78. The molecule has 1 heterocycles. The topological polar surface area (TPSA) is 17.8 Å². The standard InChI is InChI=1S/C12H11BrCl2N2/c1-3-17-12(11(13)7(2)16-17)9-6-8(14)4-5-10(9)15/h4-6H,3H2,1-2H3. The molecule has 2 rings (SSSR count). The number of aromatic nitrogens is 2. The maximum absolute atomic E-state index is 6.22. The smallest absolute Gasteiger partial charge is 0.0842 e. The molecular formula is C12H11BrCl2N2. The third-order valence-electron chi connectivity index (χ3n) is 2.54. The second-order valence-corrected chi connectivity index (χ2v) is 5.32. The first kappa shape index (κ1) is 12.9. The summed E-state index contributed by atoms with van der Waals surface area (Å²) in [6.07, 6.45) is 0. The highest BCUT2D eigenvalue weighted by Crippen LogP contribution is 2.36. The molecule has 17 heavy (non-hydrogen) atoms. The fourth-order valence-corrected chi connectivity index (χ4v) is 2.60. The molecule has 0 unspecified atom stereocenters. The molecule has 0 aliphatic heterocycles. The van der Waals surface area contributed by atoms with Crippen molar-refractivity contribution in [2.45, 2.75) is 20.4 Å². The lowest BCUT2D eigenvalue weighted by molar-refractivity contribution is 0.660. The van der Waals surface area contributed by atoms with Crippen LogP contribution in [0.4, 0.5) is 0 Å². The molecule has 0 atom stereocenters. The van der Waals surface area contributed by atoms with Gasteiger partial charge in [-0.3, -0.25) is 4.68 Å². The number of benzene rings is 1. The second kappa shape index (κ2) is 5.01. The summed E-state index contributed by atoms with van der Waals surface area (Å²) < 4.78 is 2.88. The summed E-state index contributed by atoms with van der Waals surface area (Å²) >= 11 is 15.8. The predicted octanol–water partition coefficient (Wildman–Crippen LogP) is 4.95. The Morgan fingerprint density at radius 3 is 2.71 bits per heavy atom. The summed E-state index contributed by atoms with van der Waals surface area (Å²) in [5.74, 6) is 0. The average Bonchev–Trinajstić information content (AvgIpc) is 2.59. The van der Waals surface area contributed by atoms with Gasteiger partial charge in [-0.05, 0) is 48.0 Å². The molecule has 2 nitrogen and oxygen atoms in total. The van der Waals surface area contributed by atoms with Crippen LogP contribution >= 0.6 is 39.1 Å². The Labute approximate surface area is 119 Å². The number of hydrogen-bond acceptors (Lipinski definition) is 1. The minimum Gasteiger partial charge on any atom is -0.264 e. The highest BCUT2D eigenvalue weighted by atomic mass is 79.9. The molecule has 0 N–H and O–H groups in total. The second-order valence-electron chi connectivity index (χ2n) is 3.69. The first-order valence-electron chi connectivity index (χ1n) is 5.23. The zero-order chi connectivity index (χ0) is 12.6. The maximum Gasteiger partial charge on any atom is 0.0842 e. The van der Waals surface area contributed by atoms with Gasteiger partial charge >= 0.3 is 0 Å². The predicted molar refractivity (Wildman–Crippen MR) is 75.8 cm³/mol. The van der Waals surface area contributed by atoms with E-state index >= 15 is 0 Å². The van der Waals surface area contributed by atoms with Crippen LogP contribution in [-0.4, -0.2) is 9.78 Å². The van der Waals surface area contributed by atoms with Crippen LogP contribution < -0.4 is 0 Å². The molecule has 2 aromatic rings. The first-order chi connectivity index (χ1) is 8.04. The summed E-state index contributed by atoms with van der Waals surface area (Å²) in [6.45, 7) is 4.78. The van der Waals surface area contributed by atoms with Crippen LogP contribution in [0.15, 0.2) is 22.7 Å². The van der Waals surface area contributed by atoms with E-state index in [0.717, 1.165) is 28.0 Å². The number of nitrogens with zero attached hydrogens (tertiary/aromatic N) is 2. The monoisotopic (exact) mass is 332 g/mol. The van der Waals surface area contributed by atoms with Crippen LogP contribution in [0.1, 0.15) is 12.6 Å². The minimum absolute atomic E-state index is 0.665. The summed E-state index contributed by atoms with van der Waals surface area (Å²) in [7, 11) is 0. The highest BCUT2D eigenvalue weighted by molar-refractivity contribution is 9.10. The third kappa shape index (κ3) is 2.37. The molecule has 0 radical (unpaired) electrons. The molecule has 0 amide bonds. The van der Waals surface area contributed by atoms with Crippen LogP contribution in [0.3, 0.4) is 0 Å². The Hall–Kier alpha value is -0.510. The molecule has 1 aromatic carbocycles. The highest BCUT2D eigenvalue weighted by Gasteiger charge is 2.16. The normalized spacial score (nSPS) is 10.9. The molecule has 0 saturated heterocycles. The van der Waals surface area contributed by atoms with Crippen molar-refractivity contribution in [2.24, 2.45) is 0 Å². The van der Waals surface area contributed by atoms with Gasteiger partial charge in [0.15, 0.2) is 0 Å². The molecule has 5 heteroatoms. The van der Waals surface area contributed by atoms with Gasteiger partial charge < -0.3 is 0 Å². The van der Waals surface area contributed by atoms with Gasteiger partial charge in [0, 0.05) is 17.1 Å². The van der Waals surface area contributed by atoms with Gasteiger partial charge in [-0.15, -0.1) is 0 Å². The fraction of sp³-hybridized carbons (Fsp3) is 0.250. The maximum atomic E-state index is 6.22. The Kier molecular flexibility index (Phi) is 3.81. The zero-order valence-electron chi connectivity index (χ0n) is 9.47. The average molecular weight is 334 g/mol. The molecule has 0 aliphatic rings. The molecule has 0 aliphatic carbocycles. The Bertz CT molecular complexity index is 564. The number of aryl methyl sites for hydroxylation is 2. The number of halogens is 3. The van der Waals surface area contributed by atoms with E-state index in [9.17, 15) is 0 Å². The summed E-state index contributed by atoms with van der Waals surface area (Å²) in [6, 6.07) is 5.44. The van der Waals surface area contributed by atoms with Gasteiger partial charge in [0.1, 0.15) is 0 Å². The van der Waals surface area contributed by atoms with Crippen molar-refractivity contribution in [1.29, 1.82) is 0 Å². The van der Waals surface area contributed by atoms with Crippen LogP contribution in [-0.2, 0) is 6.54 Å². The van der Waals surface area contributed by atoms with Crippen molar-refractivity contribution in [3.05, 3.63) is 38.4 Å². The fourth-order valence-electron chi connectivity index (χ4n) is 1.72. The molecular weight excluding hydrogens is 323 g/mol. The van der Waals surface area contributed by atoms with Gasteiger partial charge in [-0.1, -0.05) is 23.2 Å². The lowest BCUT2D eigenvalue weighted by atomic mass is 10.1. The lowest BCUT2D eigenvalue weighted by Crippen LogP contribution is -1.99. The Morgan fingerprint density at radius 2 is 2.06 bits per heavy atom. The lowest BCUT2D eigenvalue weighted by Gasteiger charge is -2.08. The largest absolute Gasteiger partial charge is 0.264 e. The van der Waals surface area contributed by atoms with Crippen LogP contribution in [0.5, 0.6) is 0 Å². The van der Waals surface area contributed by atoms with Crippen molar-refractivity contribution in [3.63, 3.8) is 0 Å². The van der Waals surface area contributed by atoms with Crippen molar-refractivity contribution in [2.75, 3.05) is 0 Å². The van der Waals surface area contributed by atoms with E-state index in [4.69, 9.17) is 23.2 Å². The van der Waals surface area contributed by atoms with Gasteiger partial charge in [-0.2, -0.15) is 5.10 Å². The van der Waals surface area contributed by atoms with Gasteiger partial charge in [0.05, 0.1) is 20.9 Å². The quantitative estimate of drug-likeness (QED) is 0.760. The number of rotatable bonds is 2. The molecule has 0 saturated carbocycles. The summed E-state index contributed by atoms with van der Waals surface area (Å²) in [5.41, 5.74) is 2.81. The van der Waals surface area contributed by atoms with Crippen molar-refractivity contribution < 1.29 is 0 Å². The first-order valence-corrected chi connectivity index (χ1v) is 6.77. The van der Waals surface area contributed by atoms with E-state index in [1.54, 1.807) is 12.1 Å². The molecule has 90 valence electrons. The van der Waals surface area contributed by atoms with Crippen LogP contribution in [0.2, 0.25) is 10.0 Å². The Balaban J connectivity index is 2.71. The Morgan fingerprint density at radius 1 is 1.35 bits per heavy atom. The van der Waals surface area contributed by atoms with E-state index in [2.05, 4.69) is 21.0 Å². The molecule has 0 fully saturated rings. The van der Waals surface area contributed by atoms with E-state index in [0.29, 0.717) is 10.0 Å². The van der Waals surface area contributed by atoms with Crippen molar-refractivity contribution >= 4 is 39.1 Å². The zero-order valence-corrected chi connectivity index (χ0v) is 12.6. The SMILES string of the molecule is CCn1nc(C)c(Br)c1-c1cc(Cl)ccc1Cl. The van der Waals surface area contributed by atoms with Crippen LogP contribution in [0, 0.1) is 6.92 Å². The van der Waals surface area contributed by atoms with Gasteiger partial charge in [-0.25, -0.2) is 0 Å². The molecule has 1 aromatic heterocycles. The van der Waals surface area contributed by atoms with Crippen molar-refractivity contribution in [1.82, 2.24) is 9.78 Å². The van der Waals surface area contributed by atoms with Crippen LogP contribution in [0.25, 0.3) is 11.3 Å². The molecule has 0 bridgehead atoms. The number of hydrogen-bond donors (Lipinski definition) is 0. The summed E-state index contributed by atoms with van der Waals surface area (Å²) in [4.78, 5) is 0. The van der Waals surface area contributed by atoms with E-state index < -0.39 is 0 Å². The van der Waals surface area contributed by atoms with E-state index in [-0.39, 0.29) is 0 Å².